The number of ether oxygens (including phenoxy) is 1. The van der Waals surface area contributed by atoms with E-state index in [9.17, 15) is 9.59 Å². The molecule has 168 valence electrons. The number of nitrogens with one attached hydrogen (secondary N) is 2. The Morgan fingerprint density at radius 1 is 1.17 bits per heavy atom. The number of carbonyl (C=O) groups is 2. The largest absolute Gasteiger partial charge is 0.379 e. The first-order valence-electron chi connectivity index (χ1n) is 10.4. The fourth-order valence-corrected chi connectivity index (χ4v) is 4.37. The van der Waals surface area contributed by atoms with Gasteiger partial charge in [0.15, 0.2) is 0 Å². The van der Waals surface area contributed by atoms with E-state index in [1.165, 1.54) is 11.1 Å². The van der Waals surface area contributed by atoms with Crippen LogP contribution in [0.3, 0.4) is 0 Å². The Hall–Kier alpha value is -1.38. The molecule has 0 aromatic heterocycles. The van der Waals surface area contributed by atoms with Crippen molar-refractivity contribution < 1.29 is 14.3 Å². The summed E-state index contributed by atoms with van der Waals surface area (Å²) >= 11 is 0. The minimum absolute atomic E-state index is 0. The summed E-state index contributed by atoms with van der Waals surface area (Å²) in [6, 6.07) is 8.54. The van der Waals surface area contributed by atoms with Crippen LogP contribution >= 0.6 is 24.8 Å². The number of halogens is 2. The molecule has 4 rings (SSSR count). The third kappa shape index (κ3) is 6.08. The number of carbonyl (C=O) groups excluding carboxylic acids is 2. The first-order chi connectivity index (χ1) is 13.7. The van der Waals surface area contributed by atoms with Crippen molar-refractivity contribution in [2.45, 2.75) is 18.9 Å². The molecule has 2 saturated heterocycles. The van der Waals surface area contributed by atoms with Crippen LogP contribution in [-0.2, 0) is 20.7 Å². The maximum atomic E-state index is 12.7. The molecule has 2 unspecified atom stereocenters. The molecule has 2 atom stereocenters. The van der Waals surface area contributed by atoms with Gasteiger partial charge in [-0.25, -0.2) is 0 Å². The molecule has 0 aliphatic carbocycles. The van der Waals surface area contributed by atoms with E-state index in [-0.39, 0.29) is 48.6 Å². The monoisotopic (exact) mass is 458 g/mol. The maximum absolute atomic E-state index is 12.7. The summed E-state index contributed by atoms with van der Waals surface area (Å²) in [5.41, 5.74) is 2.62. The smallest absolute Gasteiger partial charge is 0.225 e. The highest BCUT2D eigenvalue weighted by Crippen LogP contribution is 2.23. The van der Waals surface area contributed by atoms with Gasteiger partial charge in [0.2, 0.25) is 11.8 Å². The molecule has 2 N–H and O–H groups in total. The summed E-state index contributed by atoms with van der Waals surface area (Å²) in [6.45, 7) is 6.93. The molecule has 30 heavy (non-hydrogen) atoms. The second-order valence-electron chi connectivity index (χ2n) is 7.90. The normalized spacial score (nSPS) is 23.9. The number of nitrogens with zero attached hydrogens (tertiary/aromatic N) is 2. The summed E-state index contributed by atoms with van der Waals surface area (Å²) in [6.07, 6.45) is 1.35. The van der Waals surface area contributed by atoms with Crippen molar-refractivity contribution in [1.82, 2.24) is 20.4 Å². The van der Waals surface area contributed by atoms with Gasteiger partial charge < -0.3 is 20.3 Å². The van der Waals surface area contributed by atoms with E-state index < -0.39 is 0 Å². The van der Waals surface area contributed by atoms with Crippen molar-refractivity contribution in [2.24, 2.45) is 5.92 Å². The summed E-state index contributed by atoms with van der Waals surface area (Å²) < 4.78 is 5.36. The zero-order valence-electron chi connectivity index (χ0n) is 17.2. The minimum atomic E-state index is -0.240. The van der Waals surface area contributed by atoms with Gasteiger partial charge in [0.1, 0.15) is 0 Å². The first kappa shape index (κ1) is 24.9. The standard InChI is InChI=1S/C21H30N4O3.2ClH/c26-20-13-17(15-25(20)8-7-24-9-11-28-12-10-24)21(27)23-14-19-18-4-2-1-3-16(18)5-6-22-19;;/h1-4,17,19,22H,5-15H2,(H,23,27);2*1H. The number of benzene rings is 1. The quantitative estimate of drug-likeness (QED) is 0.665. The lowest BCUT2D eigenvalue weighted by Crippen LogP contribution is -2.43. The van der Waals surface area contributed by atoms with Gasteiger partial charge in [-0.1, -0.05) is 24.3 Å². The SMILES string of the molecule is Cl.Cl.O=C(NCC1NCCc2ccccc21)C1CC(=O)N(CCN2CCOCC2)C1. The van der Waals surface area contributed by atoms with Crippen LogP contribution < -0.4 is 10.6 Å². The molecule has 0 spiro atoms. The van der Waals surface area contributed by atoms with E-state index in [1.807, 2.05) is 11.0 Å². The third-order valence-electron chi connectivity index (χ3n) is 6.07. The Morgan fingerprint density at radius 2 is 1.93 bits per heavy atom. The van der Waals surface area contributed by atoms with Crippen LogP contribution in [0.1, 0.15) is 23.6 Å². The van der Waals surface area contributed by atoms with Gasteiger partial charge in [-0.3, -0.25) is 14.5 Å². The van der Waals surface area contributed by atoms with Crippen molar-refractivity contribution in [3.63, 3.8) is 0 Å². The highest BCUT2D eigenvalue weighted by atomic mass is 35.5. The van der Waals surface area contributed by atoms with E-state index in [0.717, 1.165) is 45.8 Å². The average Bonchev–Trinajstić information content (AvgIpc) is 3.12. The van der Waals surface area contributed by atoms with E-state index in [1.54, 1.807) is 0 Å². The van der Waals surface area contributed by atoms with Crippen molar-refractivity contribution in [1.29, 1.82) is 0 Å². The topological polar surface area (TPSA) is 73.9 Å². The fraction of sp³-hybridized carbons (Fsp3) is 0.619. The molecule has 0 saturated carbocycles. The molecule has 2 amide bonds. The Bertz CT molecular complexity index is 715. The summed E-state index contributed by atoms with van der Waals surface area (Å²) in [7, 11) is 0. The molecular formula is C21H32Cl2N4O3. The minimum Gasteiger partial charge on any atom is -0.379 e. The lowest BCUT2D eigenvalue weighted by molar-refractivity contribution is -0.129. The number of amides is 2. The molecular weight excluding hydrogens is 427 g/mol. The molecule has 1 aromatic carbocycles. The van der Waals surface area contributed by atoms with Crippen molar-refractivity contribution in [2.75, 3.05) is 59.0 Å². The van der Waals surface area contributed by atoms with Gasteiger partial charge in [-0.2, -0.15) is 0 Å². The Kier molecular flexibility index (Phi) is 9.84. The van der Waals surface area contributed by atoms with Crippen LogP contribution in [0.5, 0.6) is 0 Å². The van der Waals surface area contributed by atoms with Crippen molar-refractivity contribution in [3.05, 3.63) is 35.4 Å². The third-order valence-corrected chi connectivity index (χ3v) is 6.07. The van der Waals surface area contributed by atoms with Crippen molar-refractivity contribution in [3.8, 4) is 0 Å². The average molecular weight is 459 g/mol. The second-order valence-corrected chi connectivity index (χ2v) is 7.90. The number of hydrogen-bond acceptors (Lipinski definition) is 5. The van der Waals surface area contributed by atoms with Crippen LogP contribution in [0, 0.1) is 5.92 Å². The predicted molar refractivity (Wildman–Crippen MR) is 120 cm³/mol. The van der Waals surface area contributed by atoms with Crippen LogP contribution in [0.4, 0.5) is 0 Å². The van der Waals surface area contributed by atoms with E-state index in [0.29, 0.717) is 26.1 Å². The lowest BCUT2D eigenvalue weighted by atomic mass is 9.94. The Labute approximate surface area is 190 Å². The zero-order chi connectivity index (χ0) is 19.3. The highest BCUT2D eigenvalue weighted by molar-refractivity contribution is 5.89. The highest BCUT2D eigenvalue weighted by Gasteiger charge is 2.34. The second kappa shape index (κ2) is 11.9. The fourth-order valence-electron chi connectivity index (χ4n) is 4.37. The molecule has 3 aliphatic rings. The zero-order valence-corrected chi connectivity index (χ0v) is 18.8. The molecule has 0 radical (unpaired) electrons. The van der Waals surface area contributed by atoms with E-state index in [2.05, 4.69) is 33.7 Å². The molecule has 2 fully saturated rings. The number of fused-ring (bicyclic) bond motifs is 1. The maximum Gasteiger partial charge on any atom is 0.225 e. The van der Waals surface area contributed by atoms with Crippen LogP contribution in [-0.4, -0.2) is 80.6 Å². The number of rotatable bonds is 6. The molecule has 7 nitrogen and oxygen atoms in total. The van der Waals surface area contributed by atoms with Crippen LogP contribution in [0.15, 0.2) is 24.3 Å². The van der Waals surface area contributed by atoms with Crippen LogP contribution in [0.25, 0.3) is 0 Å². The van der Waals surface area contributed by atoms with E-state index in [4.69, 9.17) is 4.74 Å². The summed E-state index contributed by atoms with van der Waals surface area (Å²) in [5, 5.41) is 6.56. The first-order valence-corrected chi connectivity index (χ1v) is 10.4. The van der Waals surface area contributed by atoms with Gasteiger partial charge in [-0.05, 0) is 24.1 Å². The molecule has 3 heterocycles. The number of morpholine rings is 1. The summed E-state index contributed by atoms with van der Waals surface area (Å²) in [5.74, 6) is -0.155. The number of hydrogen-bond donors (Lipinski definition) is 2. The van der Waals surface area contributed by atoms with Gasteiger partial charge in [0.25, 0.3) is 0 Å². The van der Waals surface area contributed by atoms with Gasteiger partial charge in [0, 0.05) is 51.7 Å². The molecule has 3 aliphatic heterocycles. The van der Waals surface area contributed by atoms with E-state index >= 15 is 0 Å². The number of likely N-dealkylation sites (tertiary alicyclic amines) is 1. The van der Waals surface area contributed by atoms with Gasteiger partial charge in [0.05, 0.1) is 19.1 Å². The predicted octanol–water partition coefficient (Wildman–Crippen LogP) is 1.01. The van der Waals surface area contributed by atoms with Crippen molar-refractivity contribution >= 4 is 36.6 Å². The van der Waals surface area contributed by atoms with Gasteiger partial charge >= 0.3 is 0 Å². The van der Waals surface area contributed by atoms with Crippen LogP contribution in [0.2, 0.25) is 0 Å². The molecule has 1 aromatic rings. The van der Waals surface area contributed by atoms with Gasteiger partial charge in [-0.15, -0.1) is 24.8 Å². The molecule has 0 bridgehead atoms. The Balaban J connectivity index is 0.00000160. The molecule has 9 heteroatoms. The Morgan fingerprint density at radius 3 is 2.73 bits per heavy atom. The lowest BCUT2D eigenvalue weighted by Gasteiger charge is -2.28. The summed E-state index contributed by atoms with van der Waals surface area (Å²) in [4.78, 5) is 29.1.